The number of carbonyl (C=O) groups excluding carboxylic acids is 3. The van der Waals surface area contributed by atoms with Gasteiger partial charge < -0.3 is 14.4 Å². The number of carbonyl (C=O) groups is 3. The largest absolute Gasteiger partial charge is 0.339 e. The van der Waals surface area contributed by atoms with E-state index in [0.29, 0.717) is 26.2 Å². The van der Waals surface area contributed by atoms with E-state index in [1.807, 2.05) is 17.8 Å². The molecule has 0 atom stereocenters. The molecule has 2 aliphatic heterocycles. The Balaban J connectivity index is 0.00000192. The molecule has 1 aromatic rings. The normalized spacial score (nSPS) is 18.4. The fourth-order valence-electron chi connectivity index (χ4n) is 2.85. The highest BCUT2D eigenvalue weighted by Gasteiger charge is 2.32. The maximum absolute atomic E-state index is 12.2. The van der Waals surface area contributed by atoms with Crippen molar-refractivity contribution in [3.8, 4) is 0 Å². The molecular formula is C14H20ClN5O3. The minimum Gasteiger partial charge on any atom is -0.339 e. The van der Waals surface area contributed by atoms with Crippen molar-refractivity contribution < 1.29 is 14.4 Å². The van der Waals surface area contributed by atoms with E-state index in [2.05, 4.69) is 9.88 Å². The number of aromatic nitrogens is 2. The van der Waals surface area contributed by atoms with Crippen LogP contribution in [0.2, 0.25) is 0 Å². The zero-order valence-corrected chi connectivity index (χ0v) is 13.8. The van der Waals surface area contributed by atoms with E-state index in [0.717, 1.165) is 10.8 Å². The molecule has 9 heteroatoms. The van der Waals surface area contributed by atoms with Crippen LogP contribution in [-0.4, -0.2) is 69.8 Å². The Kier molecular flexibility index (Phi) is 5.25. The third-order valence-corrected chi connectivity index (χ3v) is 4.16. The van der Waals surface area contributed by atoms with Gasteiger partial charge in [-0.05, 0) is 0 Å². The fourth-order valence-corrected chi connectivity index (χ4v) is 2.85. The van der Waals surface area contributed by atoms with Crippen molar-refractivity contribution in [2.45, 2.75) is 12.8 Å². The second kappa shape index (κ2) is 6.99. The first kappa shape index (κ1) is 17.3. The first-order valence-corrected chi connectivity index (χ1v) is 7.39. The number of nitrogens with zero attached hydrogens (tertiary/aromatic N) is 5. The molecule has 0 radical (unpaired) electrons. The van der Waals surface area contributed by atoms with Gasteiger partial charge >= 0.3 is 0 Å². The average Bonchev–Trinajstić information content (AvgIpc) is 3.08. The van der Waals surface area contributed by atoms with Gasteiger partial charge in [0.15, 0.2) is 0 Å². The van der Waals surface area contributed by atoms with E-state index in [1.165, 1.54) is 0 Å². The highest BCUT2D eigenvalue weighted by Crippen LogP contribution is 2.15. The summed E-state index contributed by atoms with van der Waals surface area (Å²) in [5.74, 6) is 0.232. The second-order valence-corrected chi connectivity index (χ2v) is 5.58. The zero-order valence-electron chi connectivity index (χ0n) is 13.0. The molecule has 0 bridgehead atoms. The van der Waals surface area contributed by atoms with Crippen LogP contribution in [0.25, 0.3) is 0 Å². The Morgan fingerprint density at radius 2 is 1.74 bits per heavy atom. The summed E-state index contributed by atoms with van der Waals surface area (Å²) in [4.78, 5) is 44.6. The number of imidazole rings is 1. The maximum atomic E-state index is 12.2. The maximum Gasteiger partial charge on any atom is 0.242 e. The van der Waals surface area contributed by atoms with Gasteiger partial charge in [0.1, 0.15) is 6.54 Å². The van der Waals surface area contributed by atoms with Crippen LogP contribution in [0.3, 0.4) is 0 Å². The van der Waals surface area contributed by atoms with Crippen LogP contribution in [0.4, 0.5) is 5.95 Å². The SMILES string of the molecule is Cl.Cn1ccnc1N1CCN(C(=O)CN2C(=O)CCC2=O)CC1. The van der Waals surface area contributed by atoms with Gasteiger partial charge in [-0.25, -0.2) is 4.98 Å². The monoisotopic (exact) mass is 341 g/mol. The van der Waals surface area contributed by atoms with Crippen LogP contribution >= 0.6 is 12.4 Å². The van der Waals surface area contributed by atoms with Gasteiger partial charge in [0.25, 0.3) is 0 Å². The van der Waals surface area contributed by atoms with Gasteiger partial charge in [-0.3, -0.25) is 19.3 Å². The summed E-state index contributed by atoms with van der Waals surface area (Å²) in [7, 11) is 1.93. The number of imide groups is 1. The lowest BCUT2D eigenvalue weighted by atomic mass is 10.3. The fraction of sp³-hybridized carbons (Fsp3) is 0.571. The summed E-state index contributed by atoms with van der Waals surface area (Å²) in [5, 5.41) is 0. The minimum absolute atomic E-state index is 0. The number of amides is 3. The number of hydrogen-bond donors (Lipinski definition) is 0. The van der Waals surface area contributed by atoms with Crippen LogP contribution < -0.4 is 4.90 Å². The Morgan fingerprint density at radius 1 is 1.13 bits per heavy atom. The number of likely N-dealkylation sites (tertiary alicyclic amines) is 1. The van der Waals surface area contributed by atoms with Crippen molar-refractivity contribution in [3.05, 3.63) is 12.4 Å². The molecule has 0 aliphatic carbocycles. The molecule has 3 rings (SSSR count). The molecule has 1 aromatic heterocycles. The first-order valence-electron chi connectivity index (χ1n) is 7.39. The summed E-state index contributed by atoms with van der Waals surface area (Å²) in [5.41, 5.74) is 0. The molecule has 0 aromatic carbocycles. The third-order valence-electron chi connectivity index (χ3n) is 4.16. The minimum atomic E-state index is -0.245. The Morgan fingerprint density at radius 3 is 2.26 bits per heavy atom. The highest BCUT2D eigenvalue weighted by molar-refractivity contribution is 6.04. The van der Waals surface area contributed by atoms with Gasteiger partial charge in [0.2, 0.25) is 23.7 Å². The van der Waals surface area contributed by atoms with Crippen LogP contribution in [0.1, 0.15) is 12.8 Å². The standard InChI is InChI=1S/C14H19N5O3.ClH/c1-16-5-4-15-14(16)18-8-6-17(7-9-18)13(22)10-19-11(20)2-3-12(19)21;/h4-5H,2-3,6-10H2,1H3;1H. The molecule has 23 heavy (non-hydrogen) atoms. The van der Waals surface area contributed by atoms with Gasteiger partial charge in [-0.2, -0.15) is 0 Å². The van der Waals surface area contributed by atoms with Gasteiger partial charge in [-0.1, -0.05) is 0 Å². The predicted molar refractivity (Wildman–Crippen MR) is 85.2 cm³/mol. The lowest BCUT2D eigenvalue weighted by Gasteiger charge is -2.35. The Bertz CT molecular complexity index is 593. The quantitative estimate of drug-likeness (QED) is 0.702. The molecule has 0 saturated carbocycles. The Hall–Kier alpha value is -2.09. The lowest BCUT2D eigenvalue weighted by molar-refractivity contribution is -0.145. The highest BCUT2D eigenvalue weighted by atomic mass is 35.5. The molecule has 0 N–H and O–H groups in total. The molecule has 2 aliphatic rings. The van der Waals surface area contributed by atoms with E-state index in [4.69, 9.17) is 0 Å². The third kappa shape index (κ3) is 3.47. The predicted octanol–water partition coefficient (Wildman–Crippen LogP) is -0.360. The Labute approximate surface area is 140 Å². The van der Waals surface area contributed by atoms with Crippen molar-refractivity contribution in [3.63, 3.8) is 0 Å². The number of aryl methyl sites for hydroxylation is 1. The second-order valence-electron chi connectivity index (χ2n) is 5.58. The molecule has 3 heterocycles. The molecule has 0 unspecified atom stereocenters. The van der Waals surface area contributed by atoms with E-state index in [-0.39, 0.29) is 49.5 Å². The summed E-state index contributed by atoms with van der Waals surface area (Å²) < 4.78 is 1.94. The van der Waals surface area contributed by atoms with Crippen molar-refractivity contribution in [1.82, 2.24) is 19.4 Å². The van der Waals surface area contributed by atoms with E-state index in [9.17, 15) is 14.4 Å². The van der Waals surface area contributed by atoms with Crippen molar-refractivity contribution in [1.29, 1.82) is 0 Å². The van der Waals surface area contributed by atoms with Gasteiger partial charge in [0.05, 0.1) is 0 Å². The number of halogens is 1. The van der Waals surface area contributed by atoms with E-state index >= 15 is 0 Å². The summed E-state index contributed by atoms with van der Waals surface area (Å²) in [6, 6.07) is 0. The van der Waals surface area contributed by atoms with Crippen molar-refractivity contribution in [2.75, 3.05) is 37.6 Å². The first-order chi connectivity index (χ1) is 10.6. The van der Waals surface area contributed by atoms with Gasteiger partial charge in [0, 0.05) is 58.5 Å². The van der Waals surface area contributed by atoms with Gasteiger partial charge in [-0.15, -0.1) is 12.4 Å². The van der Waals surface area contributed by atoms with Crippen LogP contribution in [0, 0.1) is 0 Å². The average molecular weight is 342 g/mol. The number of rotatable bonds is 3. The lowest BCUT2D eigenvalue weighted by Crippen LogP contribution is -2.52. The summed E-state index contributed by atoms with van der Waals surface area (Å²) in [6.07, 6.45) is 4.08. The number of hydrogen-bond acceptors (Lipinski definition) is 5. The summed E-state index contributed by atoms with van der Waals surface area (Å²) >= 11 is 0. The molecule has 2 saturated heterocycles. The molecular weight excluding hydrogens is 322 g/mol. The number of anilines is 1. The summed E-state index contributed by atoms with van der Waals surface area (Å²) in [6.45, 7) is 2.40. The molecule has 3 amide bonds. The van der Waals surface area contributed by atoms with E-state index < -0.39 is 0 Å². The zero-order chi connectivity index (χ0) is 15.7. The van der Waals surface area contributed by atoms with Crippen LogP contribution in [-0.2, 0) is 21.4 Å². The molecule has 0 spiro atoms. The van der Waals surface area contributed by atoms with Crippen molar-refractivity contribution >= 4 is 36.1 Å². The molecule has 126 valence electrons. The molecule has 8 nitrogen and oxygen atoms in total. The topological polar surface area (TPSA) is 78.8 Å². The van der Waals surface area contributed by atoms with Crippen LogP contribution in [0.5, 0.6) is 0 Å². The number of piperazine rings is 1. The van der Waals surface area contributed by atoms with Crippen molar-refractivity contribution in [2.24, 2.45) is 7.05 Å². The van der Waals surface area contributed by atoms with E-state index in [1.54, 1.807) is 11.1 Å². The van der Waals surface area contributed by atoms with Crippen LogP contribution in [0.15, 0.2) is 12.4 Å². The smallest absolute Gasteiger partial charge is 0.242 e. The molecule has 2 fully saturated rings.